The zero-order valence-electron chi connectivity index (χ0n) is 18.2. The van der Waals surface area contributed by atoms with Crippen molar-refractivity contribution in [2.45, 2.75) is 13.0 Å². The first-order chi connectivity index (χ1) is 16.2. The van der Waals surface area contributed by atoms with Crippen LogP contribution in [-0.2, 0) is 0 Å². The van der Waals surface area contributed by atoms with Gasteiger partial charge in [0.25, 0.3) is 0 Å². The minimum atomic E-state index is -0.0659. The minimum absolute atomic E-state index is 0.0659. The fourth-order valence-electron chi connectivity index (χ4n) is 4.74. The van der Waals surface area contributed by atoms with Crippen LogP contribution in [0.2, 0.25) is 5.02 Å². The van der Waals surface area contributed by atoms with E-state index >= 15 is 0 Å². The maximum Gasteiger partial charge on any atom is 0.141 e. The smallest absolute Gasteiger partial charge is 0.141 e. The number of aryl methyl sites for hydroxylation is 1. The quantitative estimate of drug-likeness (QED) is 0.300. The Hall–Kier alpha value is -3.82. The van der Waals surface area contributed by atoms with Crippen LogP contribution in [-0.4, -0.2) is 10.8 Å². The molecule has 0 bridgehead atoms. The Labute approximate surface area is 198 Å². The van der Waals surface area contributed by atoms with Crippen LogP contribution in [0.25, 0.3) is 10.9 Å². The van der Waals surface area contributed by atoms with Crippen LogP contribution < -0.4 is 4.90 Å². The summed E-state index contributed by atoms with van der Waals surface area (Å²) in [6, 6.07) is 33.4. The number of H-pyrrole nitrogens is 1. The Balaban J connectivity index is 1.67. The highest BCUT2D eigenvalue weighted by Gasteiger charge is 2.34. The highest BCUT2D eigenvalue weighted by atomic mass is 35.5. The van der Waals surface area contributed by atoms with Gasteiger partial charge in [0.1, 0.15) is 5.84 Å². The van der Waals surface area contributed by atoms with Crippen molar-refractivity contribution in [1.29, 1.82) is 0 Å². The van der Waals surface area contributed by atoms with E-state index < -0.39 is 0 Å². The number of fused-ring (bicyclic) bond motifs is 2. The summed E-state index contributed by atoms with van der Waals surface area (Å²) in [6.45, 7) is 2.12. The number of nitrogens with one attached hydrogen (secondary N) is 1. The Morgan fingerprint density at radius 1 is 0.818 bits per heavy atom. The van der Waals surface area contributed by atoms with E-state index in [0.717, 1.165) is 38.7 Å². The summed E-state index contributed by atoms with van der Waals surface area (Å²) in [5.74, 6) is 0.935. The number of aromatic amines is 1. The second kappa shape index (κ2) is 7.95. The molecule has 33 heavy (non-hydrogen) atoms. The Morgan fingerprint density at radius 2 is 1.64 bits per heavy atom. The van der Waals surface area contributed by atoms with Gasteiger partial charge < -0.3 is 9.88 Å². The van der Waals surface area contributed by atoms with Crippen LogP contribution in [0.1, 0.15) is 28.3 Å². The average molecular weight is 448 g/mol. The molecule has 1 N–H and O–H groups in total. The highest BCUT2D eigenvalue weighted by molar-refractivity contribution is 6.31. The summed E-state index contributed by atoms with van der Waals surface area (Å²) in [5, 5.41) is 1.85. The van der Waals surface area contributed by atoms with E-state index in [2.05, 4.69) is 95.8 Å². The standard InChI is InChI=1S/C29H22ClN3/c1-19-8-7-9-20(16-19)29-32-27-13-6-5-12-23(27)28(33(29)22-10-3-2-4-11-22)25-18-31-26-15-14-21(30)17-24(25)26/h2-18,28,31H,1H3. The first kappa shape index (κ1) is 19.8. The summed E-state index contributed by atoms with van der Waals surface area (Å²) in [6.07, 6.45) is 2.11. The molecule has 0 fully saturated rings. The van der Waals surface area contributed by atoms with Crippen molar-refractivity contribution in [3.63, 3.8) is 0 Å². The maximum absolute atomic E-state index is 6.43. The summed E-state index contributed by atoms with van der Waals surface area (Å²) in [5.41, 5.74) is 7.78. The highest BCUT2D eigenvalue weighted by Crippen LogP contribution is 2.44. The molecule has 0 radical (unpaired) electrons. The van der Waals surface area contributed by atoms with Gasteiger partial charge in [-0.25, -0.2) is 4.99 Å². The van der Waals surface area contributed by atoms with Crippen molar-refractivity contribution in [1.82, 2.24) is 4.98 Å². The molecule has 2 heterocycles. The van der Waals surface area contributed by atoms with Gasteiger partial charge in [0.15, 0.2) is 0 Å². The van der Waals surface area contributed by atoms with Crippen LogP contribution in [0.15, 0.2) is 108 Å². The third-order valence-corrected chi connectivity index (χ3v) is 6.46. The molecule has 1 unspecified atom stereocenters. The zero-order chi connectivity index (χ0) is 22.4. The Morgan fingerprint density at radius 3 is 2.48 bits per heavy atom. The van der Waals surface area contributed by atoms with Crippen molar-refractivity contribution in [3.8, 4) is 0 Å². The molecule has 160 valence electrons. The lowest BCUT2D eigenvalue weighted by Crippen LogP contribution is -2.38. The lowest BCUT2D eigenvalue weighted by atomic mass is 9.92. The number of rotatable bonds is 3. The van der Waals surface area contributed by atoms with Gasteiger partial charge in [0.05, 0.1) is 11.7 Å². The van der Waals surface area contributed by atoms with Gasteiger partial charge in [0.2, 0.25) is 0 Å². The summed E-state index contributed by atoms with van der Waals surface area (Å²) in [4.78, 5) is 11.0. The predicted molar refractivity (Wildman–Crippen MR) is 138 cm³/mol. The number of nitrogens with zero attached hydrogens (tertiary/aromatic N) is 2. The third-order valence-electron chi connectivity index (χ3n) is 6.23. The molecule has 1 aromatic heterocycles. The number of para-hydroxylation sites is 2. The predicted octanol–water partition coefficient (Wildman–Crippen LogP) is 7.82. The molecule has 1 aliphatic rings. The molecule has 4 heteroatoms. The molecular weight excluding hydrogens is 426 g/mol. The first-order valence-electron chi connectivity index (χ1n) is 11.0. The van der Waals surface area contributed by atoms with Gasteiger partial charge >= 0.3 is 0 Å². The number of hydrogen-bond acceptors (Lipinski definition) is 2. The van der Waals surface area contributed by atoms with E-state index in [0.29, 0.717) is 0 Å². The average Bonchev–Trinajstić information content (AvgIpc) is 3.26. The SMILES string of the molecule is Cc1cccc(C2=Nc3ccccc3C(c3c[nH]c4ccc(Cl)cc34)N2c2ccccc2)c1. The van der Waals surface area contributed by atoms with E-state index in [1.54, 1.807) is 0 Å². The van der Waals surface area contributed by atoms with Crippen molar-refractivity contribution in [2.75, 3.05) is 4.90 Å². The number of benzene rings is 4. The maximum atomic E-state index is 6.43. The topological polar surface area (TPSA) is 31.4 Å². The summed E-state index contributed by atoms with van der Waals surface area (Å²) < 4.78 is 0. The molecule has 0 saturated carbocycles. The van der Waals surface area contributed by atoms with E-state index in [-0.39, 0.29) is 6.04 Å². The fourth-order valence-corrected chi connectivity index (χ4v) is 4.92. The van der Waals surface area contributed by atoms with Crippen LogP contribution in [0, 0.1) is 6.92 Å². The molecule has 0 saturated heterocycles. The van der Waals surface area contributed by atoms with E-state index in [1.807, 2.05) is 24.3 Å². The summed E-state index contributed by atoms with van der Waals surface area (Å²) in [7, 11) is 0. The van der Waals surface area contributed by atoms with Gasteiger partial charge in [-0.3, -0.25) is 0 Å². The number of anilines is 1. The first-order valence-corrected chi connectivity index (χ1v) is 11.4. The molecule has 0 spiro atoms. The zero-order valence-corrected chi connectivity index (χ0v) is 18.9. The van der Waals surface area contributed by atoms with Gasteiger partial charge in [-0.2, -0.15) is 0 Å². The summed E-state index contributed by atoms with van der Waals surface area (Å²) >= 11 is 6.43. The number of aliphatic imine (C=N–C) groups is 1. The number of halogens is 1. The Kier molecular flexibility index (Phi) is 4.78. The van der Waals surface area contributed by atoms with Gasteiger partial charge in [-0.1, -0.05) is 71.8 Å². The van der Waals surface area contributed by atoms with Gasteiger partial charge in [0, 0.05) is 44.5 Å². The van der Waals surface area contributed by atoms with E-state index in [1.165, 1.54) is 16.7 Å². The van der Waals surface area contributed by atoms with Crippen molar-refractivity contribution < 1.29 is 0 Å². The van der Waals surface area contributed by atoms with Crippen molar-refractivity contribution >= 4 is 39.7 Å². The molecule has 1 atom stereocenters. The molecule has 3 nitrogen and oxygen atoms in total. The van der Waals surface area contributed by atoms with Crippen LogP contribution in [0.4, 0.5) is 11.4 Å². The van der Waals surface area contributed by atoms with Crippen LogP contribution >= 0.6 is 11.6 Å². The Bertz CT molecular complexity index is 1500. The molecule has 0 amide bonds. The van der Waals surface area contributed by atoms with Crippen molar-refractivity contribution in [3.05, 3.63) is 131 Å². The largest absolute Gasteiger partial charge is 0.361 e. The lowest BCUT2D eigenvalue weighted by molar-refractivity contribution is 0.831. The molecular formula is C29H22ClN3. The second-order valence-electron chi connectivity index (χ2n) is 8.41. The monoisotopic (exact) mass is 447 g/mol. The molecule has 0 aliphatic carbocycles. The fraction of sp³-hybridized carbons (Fsp3) is 0.0690. The van der Waals surface area contributed by atoms with Crippen LogP contribution in [0.5, 0.6) is 0 Å². The van der Waals surface area contributed by atoms with Gasteiger partial charge in [-0.05, 0) is 49.4 Å². The number of aromatic nitrogens is 1. The minimum Gasteiger partial charge on any atom is -0.361 e. The second-order valence-corrected chi connectivity index (χ2v) is 8.84. The van der Waals surface area contributed by atoms with E-state index in [4.69, 9.17) is 16.6 Å². The normalized spacial score (nSPS) is 15.4. The number of amidine groups is 1. The number of hydrogen-bond donors (Lipinski definition) is 1. The van der Waals surface area contributed by atoms with Crippen LogP contribution in [0.3, 0.4) is 0 Å². The molecule has 4 aromatic carbocycles. The molecule has 6 rings (SSSR count). The van der Waals surface area contributed by atoms with Crippen molar-refractivity contribution in [2.24, 2.45) is 4.99 Å². The molecule has 1 aliphatic heterocycles. The molecule has 5 aromatic rings. The van der Waals surface area contributed by atoms with Gasteiger partial charge in [-0.15, -0.1) is 0 Å². The third kappa shape index (κ3) is 3.42. The lowest BCUT2D eigenvalue weighted by Gasteiger charge is -2.38. The van der Waals surface area contributed by atoms with E-state index in [9.17, 15) is 0 Å².